The van der Waals surface area contributed by atoms with Gasteiger partial charge in [0.2, 0.25) is 11.8 Å². The van der Waals surface area contributed by atoms with E-state index >= 15 is 0 Å². The SMILES string of the molecule is CC1CC(Oc2cc(F)ncn2)CC(C)(C)C1. The summed E-state index contributed by atoms with van der Waals surface area (Å²) in [4.78, 5) is 7.35. The summed E-state index contributed by atoms with van der Waals surface area (Å²) in [5.41, 5.74) is 0.286. The molecule has 1 aromatic heterocycles. The van der Waals surface area contributed by atoms with Gasteiger partial charge in [0.05, 0.1) is 6.07 Å². The molecule has 0 amide bonds. The maximum atomic E-state index is 12.9. The van der Waals surface area contributed by atoms with Crippen LogP contribution in [0.25, 0.3) is 0 Å². The number of nitrogens with zero attached hydrogens (tertiary/aromatic N) is 2. The molecule has 1 saturated carbocycles. The number of hydrogen-bond donors (Lipinski definition) is 0. The highest BCUT2D eigenvalue weighted by molar-refractivity contribution is 5.07. The van der Waals surface area contributed by atoms with Crippen LogP contribution in [0.15, 0.2) is 12.4 Å². The lowest BCUT2D eigenvalue weighted by atomic mass is 9.71. The molecule has 0 aromatic carbocycles. The summed E-state index contributed by atoms with van der Waals surface area (Å²) in [6.45, 7) is 6.73. The van der Waals surface area contributed by atoms with Gasteiger partial charge in [0.15, 0.2) is 0 Å². The Morgan fingerprint density at radius 2 is 2.12 bits per heavy atom. The number of ether oxygens (including phenoxy) is 1. The van der Waals surface area contributed by atoms with Crippen LogP contribution in [0.4, 0.5) is 4.39 Å². The van der Waals surface area contributed by atoms with Crippen molar-refractivity contribution in [3.8, 4) is 5.88 Å². The Hall–Kier alpha value is -1.19. The fraction of sp³-hybridized carbons (Fsp3) is 0.692. The summed E-state index contributed by atoms with van der Waals surface area (Å²) in [6.07, 6.45) is 4.54. The smallest absolute Gasteiger partial charge is 0.219 e. The van der Waals surface area contributed by atoms with Crippen LogP contribution >= 0.6 is 0 Å². The first-order valence-electron chi connectivity index (χ1n) is 6.09. The van der Waals surface area contributed by atoms with Gasteiger partial charge in [-0.05, 0) is 30.6 Å². The number of aromatic nitrogens is 2. The third-order valence-corrected chi connectivity index (χ3v) is 3.24. The molecule has 0 radical (unpaired) electrons. The van der Waals surface area contributed by atoms with E-state index in [0.29, 0.717) is 11.8 Å². The Kier molecular flexibility index (Phi) is 3.31. The van der Waals surface area contributed by atoms with Crippen LogP contribution in [0.5, 0.6) is 5.88 Å². The molecule has 0 spiro atoms. The molecule has 1 aliphatic rings. The topological polar surface area (TPSA) is 35.0 Å². The monoisotopic (exact) mass is 238 g/mol. The zero-order valence-electron chi connectivity index (χ0n) is 10.6. The van der Waals surface area contributed by atoms with E-state index in [-0.39, 0.29) is 11.5 Å². The molecular weight excluding hydrogens is 219 g/mol. The van der Waals surface area contributed by atoms with Crippen molar-refractivity contribution in [3.63, 3.8) is 0 Å². The molecule has 0 saturated heterocycles. The lowest BCUT2D eigenvalue weighted by molar-refractivity contribution is 0.0529. The van der Waals surface area contributed by atoms with Crippen LogP contribution in [0.1, 0.15) is 40.0 Å². The first kappa shape index (κ1) is 12.3. The Morgan fingerprint density at radius 1 is 1.35 bits per heavy atom. The van der Waals surface area contributed by atoms with Gasteiger partial charge >= 0.3 is 0 Å². The second-order valence-corrected chi connectivity index (χ2v) is 5.83. The van der Waals surface area contributed by atoms with Crippen molar-refractivity contribution in [2.75, 3.05) is 0 Å². The first-order valence-corrected chi connectivity index (χ1v) is 6.09. The van der Waals surface area contributed by atoms with Gasteiger partial charge in [-0.3, -0.25) is 0 Å². The predicted molar refractivity (Wildman–Crippen MR) is 63.2 cm³/mol. The molecule has 0 aliphatic heterocycles. The van der Waals surface area contributed by atoms with Crippen LogP contribution in [-0.4, -0.2) is 16.1 Å². The zero-order chi connectivity index (χ0) is 12.5. The van der Waals surface area contributed by atoms with E-state index < -0.39 is 5.95 Å². The minimum atomic E-state index is -0.543. The molecule has 17 heavy (non-hydrogen) atoms. The molecular formula is C13H19FN2O. The van der Waals surface area contributed by atoms with Gasteiger partial charge < -0.3 is 4.74 Å². The first-order chi connectivity index (χ1) is 7.94. The largest absolute Gasteiger partial charge is 0.474 e. The Labute approximate surface area is 101 Å². The van der Waals surface area contributed by atoms with Gasteiger partial charge in [-0.2, -0.15) is 4.39 Å². The molecule has 1 aliphatic carbocycles. The van der Waals surface area contributed by atoms with Gasteiger partial charge in [-0.25, -0.2) is 9.97 Å². The van der Waals surface area contributed by atoms with Crippen molar-refractivity contribution in [1.29, 1.82) is 0 Å². The minimum absolute atomic E-state index is 0.128. The van der Waals surface area contributed by atoms with Crippen molar-refractivity contribution in [1.82, 2.24) is 9.97 Å². The molecule has 1 fully saturated rings. The average Bonchev–Trinajstić information content (AvgIpc) is 2.13. The quantitative estimate of drug-likeness (QED) is 0.742. The van der Waals surface area contributed by atoms with Crippen LogP contribution in [0.3, 0.4) is 0 Å². The van der Waals surface area contributed by atoms with Gasteiger partial charge in [-0.15, -0.1) is 0 Å². The van der Waals surface area contributed by atoms with Crippen molar-refractivity contribution in [2.45, 2.75) is 46.1 Å². The molecule has 3 nitrogen and oxygen atoms in total. The van der Waals surface area contributed by atoms with E-state index in [9.17, 15) is 4.39 Å². The molecule has 4 heteroatoms. The minimum Gasteiger partial charge on any atom is -0.474 e. The summed E-state index contributed by atoms with van der Waals surface area (Å²) in [5, 5.41) is 0. The number of rotatable bonds is 2. The Morgan fingerprint density at radius 3 is 2.76 bits per heavy atom. The van der Waals surface area contributed by atoms with Crippen molar-refractivity contribution >= 4 is 0 Å². The maximum Gasteiger partial charge on any atom is 0.219 e. The second kappa shape index (κ2) is 4.59. The van der Waals surface area contributed by atoms with Crippen LogP contribution in [0.2, 0.25) is 0 Å². The van der Waals surface area contributed by atoms with E-state index in [1.54, 1.807) is 0 Å². The molecule has 1 aromatic rings. The van der Waals surface area contributed by atoms with Crippen LogP contribution in [-0.2, 0) is 0 Å². The second-order valence-electron chi connectivity index (χ2n) is 5.83. The van der Waals surface area contributed by atoms with E-state index in [4.69, 9.17) is 4.74 Å². The third kappa shape index (κ3) is 3.38. The Bertz CT molecular complexity index is 395. The number of halogens is 1. The van der Waals surface area contributed by atoms with Crippen LogP contribution < -0.4 is 4.74 Å². The highest BCUT2D eigenvalue weighted by Gasteiger charge is 2.33. The van der Waals surface area contributed by atoms with Gasteiger partial charge in [0.1, 0.15) is 12.4 Å². The molecule has 2 unspecified atom stereocenters. The molecule has 2 rings (SSSR count). The van der Waals surface area contributed by atoms with Crippen molar-refractivity contribution in [2.24, 2.45) is 11.3 Å². The van der Waals surface area contributed by atoms with E-state index in [1.165, 1.54) is 18.8 Å². The molecule has 1 heterocycles. The van der Waals surface area contributed by atoms with Crippen molar-refractivity contribution in [3.05, 3.63) is 18.3 Å². The fourth-order valence-electron chi connectivity index (χ4n) is 2.90. The van der Waals surface area contributed by atoms with Gasteiger partial charge in [0.25, 0.3) is 0 Å². The lowest BCUT2D eigenvalue weighted by Crippen LogP contribution is -2.34. The standard InChI is InChI=1S/C13H19FN2O/c1-9-4-10(7-13(2,3)6-9)17-12-5-11(14)15-8-16-12/h5,8-10H,4,6-7H2,1-3H3. The highest BCUT2D eigenvalue weighted by Crippen LogP contribution is 2.39. The summed E-state index contributed by atoms with van der Waals surface area (Å²) in [7, 11) is 0. The molecule has 0 N–H and O–H groups in total. The summed E-state index contributed by atoms with van der Waals surface area (Å²) in [6, 6.07) is 1.24. The summed E-state index contributed by atoms with van der Waals surface area (Å²) in [5.74, 6) is 0.431. The summed E-state index contributed by atoms with van der Waals surface area (Å²) >= 11 is 0. The summed E-state index contributed by atoms with van der Waals surface area (Å²) < 4.78 is 18.7. The predicted octanol–water partition coefficient (Wildman–Crippen LogP) is 3.21. The van der Waals surface area contributed by atoms with Crippen molar-refractivity contribution < 1.29 is 9.13 Å². The molecule has 94 valence electrons. The number of hydrogen-bond acceptors (Lipinski definition) is 3. The van der Waals surface area contributed by atoms with E-state index in [0.717, 1.165) is 12.8 Å². The molecule has 2 atom stereocenters. The van der Waals surface area contributed by atoms with Crippen LogP contribution in [0, 0.1) is 17.3 Å². The fourth-order valence-corrected chi connectivity index (χ4v) is 2.90. The molecule has 0 bridgehead atoms. The average molecular weight is 238 g/mol. The van der Waals surface area contributed by atoms with Gasteiger partial charge in [0, 0.05) is 0 Å². The maximum absolute atomic E-state index is 12.9. The third-order valence-electron chi connectivity index (χ3n) is 3.24. The highest BCUT2D eigenvalue weighted by atomic mass is 19.1. The normalized spacial score (nSPS) is 27.8. The van der Waals surface area contributed by atoms with E-state index in [1.807, 2.05) is 0 Å². The Balaban J connectivity index is 2.03. The lowest BCUT2D eigenvalue weighted by Gasteiger charge is -2.38. The zero-order valence-corrected chi connectivity index (χ0v) is 10.6. The van der Waals surface area contributed by atoms with E-state index in [2.05, 4.69) is 30.7 Å². The van der Waals surface area contributed by atoms with Gasteiger partial charge in [-0.1, -0.05) is 20.8 Å².